The molecule has 0 fully saturated rings. The molecule has 0 amide bonds. The summed E-state index contributed by atoms with van der Waals surface area (Å²) in [5, 5.41) is 0. The summed E-state index contributed by atoms with van der Waals surface area (Å²) in [6.07, 6.45) is 4.75. The molecule has 3 N–H and O–H groups in total. The third kappa shape index (κ3) is 3.33. The van der Waals surface area contributed by atoms with E-state index >= 15 is 0 Å². The second-order valence-electron chi connectivity index (χ2n) is 5.76. The molecule has 8 nitrogen and oxygen atoms in total. The monoisotopic (exact) mass is 373 g/mol. The summed E-state index contributed by atoms with van der Waals surface area (Å²) >= 11 is 0. The Morgan fingerprint density at radius 3 is 2.62 bits per heavy atom. The van der Waals surface area contributed by atoms with E-state index in [9.17, 15) is 8.42 Å². The number of imidazole rings is 1. The number of nitrogen functional groups attached to an aromatic ring is 1. The molecule has 0 aliphatic heterocycles. The van der Waals surface area contributed by atoms with Gasteiger partial charge in [0.05, 0.1) is 24.7 Å². The predicted molar refractivity (Wildman–Crippen MR) is 99.0 cm³/mol. The first-order valence-electron chi connectivity index (χ1n) is 7.74. The van der Waals surface area contributed by atoms with Crippen molar-refractivity contribution in [3.63, 3.8) is 0 Å². The number of aromatic nitrogens is 3. The maximum absolute atomic E-state index is 12.8. The standard InChI is InChI=1S/C17H19N5O3S/c1-11-7-16(22-9-12(2)20-10-22)19-8-15(11)26(23,24)21-17-13(18)5-4-6-14(17)25-3/h4-10,21H,18H2,1-3H3. The summed E-state index contributed by atoms with van der Waals surface area (Å²) < 4.78 is 35.0. The number of methoxy groups -OCH3 is 1. The first kappa shape index (κ1) is 17.7. The highest BCUT2D eigenvalue weighted by Crippen LogP contribution is 2.32. The van der Waals surface area contributed by atoms with Crippen molar-refractivity contribution < 1.29 is 13.2 Å². The molecule has 0 aliphatic carbocycles. The number of anilines is 2. The van der Waals surface area contributed by atoms with Crippen LogP contribution in [0.25, 0.3) is 5.82 Å². The van der Waals surface area contributed by atoms with Gasteiger partial charge in [-0.2, -0.15) is 0 Å². The van der Waals surface area contributed by atoms with Gasteiger partial charge in [0.25, 0.3) is 10.0 Å². The van der Waals surface area contributed by atoms with Crippen LogP contribution in [0.3, 0.4) is 0 Å². The van der Waals surface area contributed by atoms with E-state index in [-0.39, 0.29) is 16.3 Å². The summed E-state index contributed by atoms with van der Waals surface area (Å²) in [4.78, 5) is 8.44. The fourth-order valence-electron chi connectivity index (χ4n) is 2.51. The summed E-state index contributed by atoms with van der Waals surface area (Å²) in [5.41, 5.74) is 7.74. The summed E-state index contributed by atoms with van der Waals surface area (Å²) in [7, 11) is -2.44. The first-order valence-corrected chi connectivity index (χ1v) is 9.23. The Hall–Kier alpha value is -3.07. The van der Waals surface area contributed by atoms with Gasteiger partial charge in [-0.15, -0.1) is 0 Å². The predicted octanol–water partition coefficient (Wildman–Crippen LogP) is 2.28. The third-order valence-corrected chi connectivity index (χ3v) is 5.31. The summed E-state index contributed by atoms with van der Waals surface area (Å²) in [5.74, 6) is 0.920. The van der Waals surface area contributed by atoms with E-state index in [2.05, 4.69) is 14.7 Å². The molecule has 136 valence electrons. The fourth-order valence-corrected chi connectivity index (χ4v) is 3.79. The van der Waals surface area contributed by atoms with E-state index in [4.69, 9.17) is 10.5 Å². The van der Waals surface area contributed by atoms with Crippen molar-refractivity contribution >= 4 is 21.4 Å². The minimum absolute atomic E-state index is 0.0587. The van der Waals surface area contributed by atoms with Crippen LogP contribution in [0.5, 0.6) is 5.75 Å². The van der Waals surface area contributed by atoms with Crippen LogP contribution >= 0.6 is 0 Å². The van der Waals surface area contributed by atoms with Crippen LogP contribution in [0.4, 0.5) is 11.4 Å². The zero-order chi connectivity index (χ0) is 18.9. The topological polar surface area (TPSA) is 112 Å². The maximum Gasteiger partial charge on any atom is 0.263 e. The molecule has 0 radical (unpaired) electrons. The highest BCUT2D eigenvalue weighted by atomic mass is 32.2. The molecule has 3 aromatic rings. The molecule has 0 saturated carbocycles. The Kier molecular flexibility index (Phi) is 4.56. The van der Waals surface area contributed by atoms with Crippen molar-refractivity contribution in [3.05, 3.63) is 54.2 Å². The zero-order valence-corrected chi connectivity index (χ0v) is 15.4. The number of benzene rings is 1. The van der Waals surface area contributed by atoms with Crippen LogP contribution in [0.15, 0.2) is 47.9 Å². The SMILES string of the molecule is COc1cccc(N)c1NS(=O)(=O)c1cnc(-n2cnc(C)c2)cc1C. The molecule has 0 unspecified atom stereocenters. The van der Waals surface area contributed by atoms with Crippen LogP contribution < -0.4 is 15.2 Å². The fraction of sp³-hybridized carbons (Fsp3) is 0.176. The van der Waals surface area contributed by atoms with Crippen molar-refractivity contribution in [2.45, 2.75) is 18.7 Å². The minimum Gasteiger partial charge on any atom is -0.494 e. The first-order chi connectivity index (χ1) is 12.3. The van der Waals surface area contributed by atoms with E-state index in [0.717, 1.165) is 5.69 Å². The average molecular weight is 373 g/mol. The van der Waals surface area contributed by atoms with Crippen molar-refractivity contribution in [1.29, 1.82) is 0 Å². The number of para-hydroxylation sites is 1. The second kappa shape index (κ2) is 6.68. The number of ether oxygens (including phenoxy) is 1. The molecular weight excluding hydrogens is 354 g/mol. The number of sulfonamides is 1. The van der Waals surface area contributed by atoms with E-state index in [1.165, 1.54) is 13.3 Å². The van der Waals surface area contributed by atoms with E-state index in [1.807, 2.05) is 13.1 Å². The van der Waals surface area contributed by atoms with Gasteiger partial charge >= 0.3 is 0 Å². The van der Waals surface area contributed by atoms with Crippen LogP contribution in [0.1, 0.15) is 11.3 Å². The van der Waals surface area contributed by atoms with Gasteiger partial charge < -0.3 is 10.5 Å². The van der Waals surface area contributed by atoms with Crippen molar-refractivity contribution in [2.24, 2.45) is 0 Å². The second-order valence-corrected chi connectivity index (χ2v) is 7.41. The average Bonchev–Trinajstić information content (AvgIpc) is 3.02. The number of nitrogens with two attached hydrogens (primary N) is 1. The highest BCUT2D eigenvalue weighted by Gasteiger charge is 2.21. The number of aryl methyl sites for hydroxylation is 2. The van der Waals surface area contributed by atoms with Gasteiger partial charge in [0.2, 0.25) is 0 Å². The molecule has 1 aromatic carbocycles. The van der Waals surface area contributed by atoms with Crippen molar-refractivity contribution in [2.75, 3.05) is 17.6 Å². The third-order valence-electron chi connectivity index (χ3n) is 3.83. The molecule has 0 bridgehead atoms. The molecular formula is C17H19N5O3S. The van der Waals surface area contributed by atoms with Crippen LogP contribution in [-0.2, 0) is 10.0 Å². The molecule has 0 saturated heterocycles. The molecule has 2 aromatic heterocycles. The lowest BCUT2D eigenvalue weighted by Gasteiger charge is -2.15. The lowest BCUT2D eigenvalue weighted by atomic mass is 10.2. The molecule has 0 spiro atoms. The number of nitrogens with zero attached hydrogens (tertiary/aromatic N) is 3. The van der Waals surface area contributed by atoms with Gasteiger partial charge in [0.1, 0.15) is 28.5 Å². The van der Waals surface area contributed by atoms with Gasteiger partial charge in [0, 0.05) is 6.20 Å². The van der Waals surface area contributed by atoms with E-state index in [0.29, 0.717) is 17.1 Å². The number of rotatable bonds is 5. The van der Waals surface area contributed by atoms with Gasteiger partial charge in [-0.05, 0) is 37.6 Å². The van der Waals surface area contributed by atoms with Crippen LogP contribution in [-0.4, -0.2) is 30.1 Å². The van der Waals surface area contributed by atoms with Gasteiger partial charge in [-0.25, -0.2) is 18.4 Å². The number of hydrogen-bond acceptors (Lipinski definition) is 6. The van der Waals surface area contributed by atoms with Gasteiger partial charge in [0.15, 0.2) is 0 Å². The summed E-state index contributed by atoms with van der Waals surface area (Å²) in [6, 6.07) is 6.59. The lowest BCUT2D eigenvalue weighted by molar-refractivity contribution is 0.417. The van der Waals surface area contributed by atoms with Crippen molar-refractivity contribution in [3.8, 4) is 11.6 Å². The Balaban J connectivity index is 1.98. The molecule has 26 heavy (non-hydrogen) atoms. The molecule has 2 heterocycles. The number of hydrogen-bond donors (Lipinski definition) is 2. The smallest absolute Gasteiger partial charge is 0.263 e. The van der Waals surface area contributed by atoms with Gasteiger partial charge in [-0.1, -0.05) is 6.07 Å². The molecule has 3 rings (SSSR count). The van der Waals surface area contributed by atoms with E-state index in [1.54, 1.807) is 42.1 Å². The van der Waals surface area contributed by atoms with Crippen LogP contribution in [0.2, 0.25) is 0 Å². The quantitative estimate of drug-likeness (QED) is 0.664. The molecule has 0 aliphatic rings. The van der Waals surface area contributed by atoms with E-state index < -0.39 is 10.0 Å². The van der Waals surface area contributed by atoms with Crippen molar-refractivity contribution in [1.82, 2.24) is 14.5 Å². The highest BCUT2D eigenvalue weighted by molar-refractivity contribution is 7.92. The largest absolute Gasteiger partial charge is 0.494 e. The Morgan fingerprint density at radius 1 is 1.23 bits per heavy atom. The molecule has 0 atom stereocenters. The molecule has 9 heteroatoms. The normalized spacial score (nSPS) is 11.3. The lowest BCUT2D eigenvalue weighted by Crippen LogP contribution is -2.16. The zero-order valence-electron chi connectivity index (χ0n) is 14.6. The Morgan fingerprint density at radius 2 is 2.00 bits per heavy atom. The Bertz CT molecular complexity index is 1060. The number of pyridine rings is 1. The van der Waals surface area contributed by atoms with Crippen LogP contribution in [0, 0.1) is 13.8 Å². The van der Waals surface area contributed by atoms with Gasteiger partial charge in [-0.3, -0.25) is 9.29 Å². The summed E-state index contributed by atoms with van der Waals surface area (Å²) in [6.45, 7) is 3.57. The Labute approximate surface area is 151 Å². The maximum atomic E-state index is 12.8. The minimum atomic E-state index is -3.89. The number of nitrogens with one attached hydrogen (secondary N) is 1.